The van der Waals surface area contributed by atoms with Gasteiger partial charge in [0, 0.05) is 23.6 Å². The zero-order valence-electron chi connectivity index (χ0n) is 16.6. The first-order chi connectivity index (χ1) is 14.3. The van der Waals surface area contributed by atoms with E-state index in [2.05, 4.69) is 5.32 Å². The van der Waals surface area contributed by atoms with E-state index >= 15 is 0 Å². The number of nitrogens with zero attached hydrogens (tertiary/aromatic N) is 1. The van der Waals surface area contributed by atoms with Gasteiger partial charge in [0.1, 0.15) is 18.2 Å². The molecule has 30 heavy (non-hydrogen) atoms. The van der Waals surface area contributed by atoms with Gasteiger partial charge in [-0.3, -0.25) is 14.5 Å². The van der Waals surface area contributed by atoms with Crippen molar-refractivity contribution in [1.82, 2.24) is 10.2 Å². The lowest BCUT2D eigenvalue weighted by atomic mass is 9.78. The number of nitrogens with one attached hydrogen (secondary N) is 1. The summed E-state index contributed by atoms with van der Waals surface area (Å²) >= 11 is 6.12. The molecule has 2 atom stereocenters. The highest BCUT2D eigenvalue weighted by Crippen LogP contribution is 2.35. The van der Waals surface area contributed by atoms with Gasteiger partial charge in [-0.05, 0) is 25.0 Å². The maximum absolute atomic E-state index is 13.1. The Hall–Kier alpha value is -3.06. The molecule has 3 rings (SSSR count). The first kappa shape index (κ1) is 21.6. The van der Waals surface area contributed by atoms with Crippen molar-refractivity contribution in [3.8, 4) is 0 Å². The molecule has 158 valence electrons. The molecule has 7 nitrogen and oxygen atoms in total. The van der Waals surface area contributed by atoms with E-state index < -0.39 is 29.5 Å². The predicted octanol–water partition coefficient (Wildman–Crippen LogP) is 2.65. The molecule has 1 heterocycles. The molecule has 0 spiro atoms. The Morgan fingerprint density at radius 3 is 2.43 bits per heavy atom. The number of hydrogen-bond acceptors (Lipinski definition) is 4. The first-order valence-corrected chi connectivity index (χ1v) is 10.0. The molecule has 0 aliphatic carbocycles. The van der Waals surface area contributed by atoms with E-state index in [0.29, 0.717) is 30.0 Å². The Balaban J connectivity index is 1.79. The molecule has 0 bridgehead atoms. The third-order valence-corrected chi connectivity index (χ3v) is 5.70. The number of primary amides is 1. The minimum atomic E-state index is -1.15. The Bertz CT molecular complexity index is 937. The number of rotatable bonds is 7. The van der Waals surface area contributed by atoms with Gasteiger partial charge in [-0.1, -0.05) is 60.1 Å². The van der Waals surface area contributed by atoms with Crippen LogP contribution in [0.2, 0.25) is 5.02 Å². The van der Waals surface area contributed by atoms with Crippen molar-refractivity contribution in [1.29, 1.82) is 0 Å². The monoisotopic (exact) mass is 429 g/mol. The number of hydrogen-bond donors (Lipinski definition) is 2. The van der Waals surface area contributed by atoms with Crippen molar-refractivity contribution in [3.05, 3.63) is 70.7 Å². The number of amides is 3. The van der Waals surface area contributed by atoms with Crippen LogP contribution in [0.25, 0.3) is 0 Å². The van der Waals surface area contributed by atoms with Crippen LogP contribution in [-0.2, 0) is 27.4 Å². The van der Waals surface area contributed by atoms with Crippen molar-refractivity contribution < 1.29 is 19.1 Å². The van der Waals surface area contributed by atoms with E-state index in [1.807, 2.05) is 30.3 Å². The van der Waals surface area contributed by atoms with E-state index in [-0.39, 0.29) is 6.61 Å². The molecule has 1 saturated heterocycles. The zero-order valence-corrected chi connectivity index (χ0v) is 17.4. The summed E-state index contributed by atoms with van der Waals surface area (Å²) in [6.45, 7) is 1.87. The Labute approximate surface area is 180 Å². The second-order valence-corrected chi connectivity index (χ2v) is 7.75. The van der Waals surface area contributed by atoms with Crippen LogP contribution in [0.15, 0.2) is 54.6 Å². The summed E-state index contributed by atoms with van der Waals surface area (Å²) in [7, 11) is 0. The van der Waals surface area contributed by atoms with Gasteiger partial charge in [-0.15, -0.1) is 0 Å². The lowest BCUT2D eigenvalue weighted by Gasteiger charge is -2.50. The highest BCUT2D eigenvalue weighted by molar-refractivity contribution is 6.31. The molecule has 0 unspecified atom stereocenters. The van der Waals surface area contributed by atoms with E-state index in [1.165, 1.54) is 11.8 Å². The van der Waals surface area contributed by atoms with Gasteiger partial charge >= 0.3 is 6.09 Å². The highest BCUT2D eigenvalue weighted by atomic mass is 35.5. The quantitative estimate of drug-likeness (QED) is 0.706. The molecule has 2 aromatic carbocycles. The van der Waals surface area contributed by atoms with Crippen LogP contribution in [0.1, 0.15) is 24.5 Å². The molecule has 3 N–H and O–H groups in total. The number of halogens is 1. The largest absolute Gasteiger partial charge is 0.444 e. The van der Waals surface area contributed by atoms with Gasteiger partial charge in [0.25, 0.3) is 0 Å². The molecule has 2 aromatic rings. The van der Waals surface area contributed by atoms with Crippen LogP contribution in [0.3, 0.4) is 0 Å². The SMILES string of the molecule is C[C@H](NC(=O)[C@]1(Cc2ccccc2)CCN1C(=O)OCc1ccccc1Cl)C(N)=O. The summed E-state index contributed by atoms with van der Waals surface area (Å²) < 4.78 is 5.44. The van der Waals surface area contributed by atoms with Crippen molar-refractivity contribution in [2.45, 2.75) is 38.0 Å². The Morgan fingerprint density at radius 1 is 1.17 bits per heavy atom. The van der Waals surface area contributed by atoms with Crippen molar-refractivity contribution >= 4 is 29.5 Å². The summed E-state index contributed by atoms with van der Waals surface area (Å²) in [5, 5.41) is 3.12. The summed E-state index contributed by atoms with van der Waals surface area (Å²) in [6.07, 6.45) is 0.131. The fraction of sp³-hybridized carbons (Fsp3) is 0.318. The third kappa shape index (κ3) is 4.57. The standard InChI is InChI=1S/C22H24ClN3O4/c1-15(19(24)27)25-20(28)22(13-16-7-3-2-4-8-16)11-12-26(22)21(29)30-14-17-9-5-6-10-18(17)23/h2-10,15H,11-14H2,1H3,(H2,24,27)(H,25,28)/t15-,22+/m0/s1. The minimum Gasteiger partial charge on any atom is -0.444 e. The lowest BCUT2D eigenvalue weighted by Crippen LogP contribution is -2.71. The average molecular weight is 430 g/mol. The average Bonchev–Trinajstić information content (AvgIpc) is 2.71. The van der Waals surface area contributed by atoms with Gasteiger partial charge in [0.05, 0.1) is 0 Å². The van der Waals surface area contributed by atoms with Crippen LogP contribution in [-0.4, -0.2) is 40.9 Å². The molecule has 0 radical (unpaired) electrons. The van der Waals surface area contributed by atoms with E-state index in [9.17, 15) is 14.4 Å². The van der Waals surface area contributed by atoms with Crippen LogP contribution in [0.5, 0.6) is 0 Å². The molecular formula is C22H24ClN3O4. The molecule has 1 aliphatic rings. The van der Waals surface area contributed by atoms with Crippen LogP contribution in [0.4, 0.5) is 4.79 Å². The molecule has 1 fully saturated rings. The summed E-state index contributed by atoms with van der Waals surface area (Å²) in [6, 6.07) is 15.6. The molecule has 1 aliphatic heterocycles. The maximum Gasteiger partial charge on any atom is 0.411 e. The molecule has 0 aromatic heterocycles. The van der Waals surface area contributed by atoms with E-state index in [4.69, 9.17) is 22.1 Å². The van der Waals surface area contributed by atoms with Crippen LogP contribution in [0, 0.1) is 0 Å². The second-order valence-electron chi connectivity index (χ2n) is 7.34. The minimum absolute atomic E-state index is 0.00423. The van der Waals surface area contributed by atoms with Crippen molar-refractivity contribution in [2.75, 3.05) is 6.54 Å². The van der Waals surface area contributed by atoms with Crippen LogP contribution < -0.4 is 11.1 Å². The molecule has 0 saturated carbocycles. The van der Waals surface area contributed by atoms with Crippen LogP contribution >= 0.6 is 11.6 Å². The smallest absolute Gasteiger partial charge is 0.411 e. The summed E-state index contributed by atoms with van der Waals surface area (Å²) in [5.41, 5.74) is 5.70. The second kappa shape index (κ2) is 9.17. The fourth-order valence-electron chi connectivity index (χ4n) is 3.43. The van der Waals surface area contributed by atoms with Gasteiger partial charge < -0.3 is 15.8 Å². The summed E-state index contributed by atoms with van der Waals surface area (Å²) in [4.78, 5) is 38.8. The highest BCUT2D eigenvalue weighted by Gasteiger charge is 2.54. The topological polar surface area (TPSA) is 102 Å². The van der Waals surface area contributed by atoms with Crippen molar-refractivity contribution in [2.24, 2.45) is 5.73 Å². The Morgan fingerprint density at radius 2 is 1.83 bits per heavy atom. The number of carbonyl (C=O) groups is 3. The summed E-state index contributed by atoms with van der Waals surface area (Å²) in [5.74, 6) is -1.08. The Kier molecular flexibility index (Phi) is 6.62. The third-order valence-electron chi connectivity index (χ3n) is 5.33. The van der Waals surface area contributed by atoms with Gasteiger partial charge in [-0.2, -0.15) is 0 Å². The van der Waals surface area contributed by atoms with Gasteiger partial charge in [0.15, 0.2) is 0 Å². The normalized spacial score (nSPS) is 18.8. The lowest BCUT2D eigenvalue weighted by molar-refractivity contribution is -0.143. The fourth-order valence-corrected chi connectivity index (χ4v) is 3.62. The maximum atomic E-state index is 13.1. The number of benzene rings is 2. The number of nitrogens with two attached hydrogens (primary N) is 1. The molecule has 8 heteroatoms. The van der Waals surface area contributed by atoms with Gasteiger partial charge in [-0.25, -0.2) is 4.79 Å². The van der Waals surface area contributed by atoms with E-state index in [0.717, 1.165) is 5.56 Å². The zero-order chi connectivity index (χ0) is 21.7. The molecule has 3 amide bonds. The molecular weight excluding hydrogens is 406 g/mol. The van der Waals surface area contributed by atoms with Gasteiger partial charge in [0.2, 0.25) is 11.8 Å². The number of ether oxygens (including phenoxy) is 1. The van der Waals surface area contributed by atoms with Crippen molar-refractivity contribution in [3.63, 3.8) is 0 Å². The number of carbonyl (C=O) groups excluding carboxylic acids is 3. The first-order valence-electron chi connectivity index (χ1n) is 9.65. The van der Waals surface area contributed by atoms with E-state index in [1.54, 1.807) is 24.3 Å². The number of likely N-dealkylation sites (tertiary alicyclic amines) is 1. The predicted molar refractivity (Wildman–Crippen MR) is 113 cm³/mol.